The third-order valence-electron chi connectivity index (χ3n) is 5.56. The maximum Gasteiger partial charge on any atom is 0.318 e. The van der Waals surface area contributed by atoms with Gasteiger partial charge in [0.1, 0.15) is 18.2 Å². The molecule has 0 radical (unpaired) electrons. The Morgan fingerprint density at radius 1 is 1.31 bits per heavy atom. The second-order valence-electron chi connectivity index (χ2n) is 8.54. The molecule has 1 N–H and O–H groups in total. The lowest BCUT2D eigenvalue weighted by atomic mass is 10.0. The van der Waals surface area contributed by atoms with E-state index >= 15 is 0 Å². The Morgan fingerprint density at radius 3 is 2.72 bits per heavy atom. The summed E-state index contributed by atoms with van der Waals surface area (Å²) in [6, 6.07) is 4.22. The van der Waals surface area contributed by atoms with Crippen LogP contribution in [0.4, 0.5) is 17.3 Å². The number of pyridine rings is 1. The predicted octanol–water partition coefficient (Wildman–Crippen LogP) is 3.13. The first kappa shape index (κ1) is 19.6. The van der Waals surface area contributed by atoms with Crippen molar-refractivity contribution in [1.29, 1.82) is 0 Å². The molecular weight excluding hydrogens is 370 g/mol. The Kier molecular flexibility index (Phi) is 4.69. The molecule has 2 aromatic heterocycles. The first-order valence-electron chi connectivity index (χ1n) is 9.81. The van der Waals surface area contributed by atoms with Gasteiger partial charge in [0.15, 0.2) is 0 Å². The van der Waals surface area contributed by atoms with Gasteiger partial charge in [0.2, 0.25) is 5.91 Å². The number of carbonyl (C=O) groups excluding carboxylic acids is 1. The number of aromatic nitrogens is 3. The highest BCUT2D eigenvalue weighted by atomic mass is 16.5. The maximum absolute atomic E-state index is 11.5. The van der Waals surface area contributed by atoms with E-state index in [1.54, 1.807) is 7.11 Å². The average Bonchev–Trinajstić information content (AvgIpc) is 3.36. The van der Waals surface area contributed by atoms with E-state index in [0.29, 0.717) is 18.4 Å². The molecule has 1 aliphatic heterocycles. The molecule has 1 spiro atoms. The number of anilines is 3. The molecule has 3 heterocycles. The normalized spacial score (nSPS) is 16.7. The molecule has 1 aliphatic carbocycles. The van der Waals surface area contributed by atoms with Crippen LogP contribution < -0.4 is 15.0 Å². The van der Waals surface area contributed by atoms with E-state index in [1.165, 1.54) is 12.5 Å². The molecule has 0 saturated heterocycles. The van der Waals surface area contributed by atoms with Crippen molar-refractivity contribution in [3.63, 3.8) is 0 Å². The Morgan fingerprint density at radius 2 is 2.07 bits per heavy atom. The number of carbonyl (C=O) groups is 1. The molecule has 0 aromatic carbocycles. The van der Waals surface area contributed by atoms with Gasteiger partial charge in [0, 0.05) is 55.6 Å². The average molecular weight is 397 g/mol. The molecule has 1 amide bonds. The third-order valence-corrected chi connectivity index (χ3v) is 5.56. The molecule has 154 valence electrons. The number of hydrogen-bond donors (Lipinski definition) is 1. The van der Waals surface area contributed by atoms with Gasteiger partial charge in [-0.15, -0.1) is 0 Å². The molecule has 0 atom stereocenters. The van der Waals surface area contributed by atoms with Crippen LogP contribution in [0.5, 0.6) is 6.01 Å². The molecule has 4 rings (SSSR count). The predicted molar refractivity (Wildman–Crippen MR) is 110 cm³/mol. The van der Waals surface area contributed by atoms with Gasteiger partial charge >= 0.3 is 6.01 Å². The minimum absolute atomic E-state index is 0.134. The van der Waals surface area contributed by atoms with Crippen LogP contribution in [0.25, 0.3) is 0 Å². The van der Waals surface area contributed by atoms with Crippen LogP contribution in [0.3, 0.4) is 0 Å². The van der Waals surface area contributed by atoms with Gasteiger partial charge in [0.25, 0.3) is 0 Å². The zero-order chi connectivity index (χ0) is 20.8. The van der Waals surface area contributed by atoms with Crippen LogP contribution in [0.1, 0.15) is 44.9 Å². The number of fused-ring (bicyclic) bond motifs is 2. The van der Waals surface area contributed by atoms with Gasteiger partial charge in [-0.25, -0.2) is 9.97 Å². The highest BCUT2D eigenvalue weighted by Crippen LogP contribution is 2.58. The van der Waals surface area contributed by atoms with Crippen LogP contribution in [0, 0.1) is 6.92 Å². The van der Waals surface area contributed by atoms with Gasteiger partial charge in [0.05, 0.1) is 11.3 Å². The van der Waals surface area contributed by atoms with Crippen molar-refractivity contribution >= 4 is 23.2 Å². The van der Waals surface area contributed by atoms with Crippen molar-refractivity contribution in [2.45, 2.75) is 51.6 Å². The summed E-state index contributed by atoms with van der Waals surface area (Å²) < 4.78 is 11.2. The summed E-state index contributed by atoms with van der Waals surface area (Å²) in [5.41, 5.74) is 2.78. The SMILES string of the molecule is COC(C)(C)COc1nc(C)cc(N2CC3(CC3)c3cnc(NC(C)=O)cc32)n1. The molecular formula is C21H27N5O3. The number of rotatable bonds is 6. The monoisotopic (exact) mass is 397 g/mol. The summed E-state index contributed by atoms with van der Waals surface area (Å²) >= 11 is 0. The summed E-state index contributed by atoms with van der Waals surface area (Å²) in [6.45, 7) is 8.50. The summed E-state index contributed by atoms with van der Waals surface area (Å²) in [4.78, 5) is 27.2. The smallest absolute Gasteiger partial charge is 0.318 e. The van der Waals surface area contributed by atoms with E-state index in [2.05, 4.69) is 25.2 Å². The number of amides is 1. The lowest BCUT2D eigenvalue weighted by molar-refractivity contribution is -0.114. The standard InChI is InChI=1S/C21H27N5O3/c1-13-8-18(25-19(23-13)29-12-20(3,4)28-5)26-11-21(6-7-21)15-10-22-17(9-16(15)26)24-14(2)27/h8-10H,6-7,11-12H2,1-5H3,(H,22,24,27). The van der Waals surface area contributed by atoms with Crippen molar-refractivity contribution in [2.24, 2.45) is 0 Å². The van der Waals surface area contributed by atoms with Crippen LogP contribution in [-0.2, 0) is 14.9 Å². The summed E-state index contributed by atoms with van der Waals surface area (Å²) in [6.07, 6.45) is 4.15. The molecule has 1 saturated carbocycles. The van der Waals surface area contributed by atoms with Gasteiger partial charge in [-0.05, 0) is 33.6 Å². The fourth-order valence-corrected chi connectivity index (χ4v) is 3.61. The van der Waals surface area contributed by atoms with Crippen molar-refractivity contribution in [2.75, 3.05) is 30.5 Å². The summed E-state index contributed by atoms with van der Waals surface area (Å²) in [7, 11) is 1.66. The van der Waals surface area contributed by atoms with Gasteiger partial charge in [-0.1, -0.05) is 0 Å². The van der Waals surface area contributed by atoms with E-state index in [-0.39, 0.29) is 11.3 Å². The zero-order valence-corrected chi connectivity index (χ0v) is 17.6. The van der Waals surface area contributed by atoms with Crippen LogP contribution in [0.15, 0.2) is 18.3 Å². The van der Waals surface area contributed by atoms with E-state index in [9.17, 15) is 4.79 Å². The molecule has 8 nitrogen and oxygen atoms in total. The number of hydrogen-bond acceptors (Lipinski definition) is 7. The van der Waals surface area contributed by atoms with Crippen molar-refractivity contribution in [3.05, 3.63) is 29.6 Å². The van der Waals surface area contributed by atoms with Crippen molar-refractivity contribution < 1.29 is 14.3 Å². The summed E-state index contributed by atoms with van der Waals surface area (Å²) in [5, 5.41) is 2.77. The first-order valence-corrected chi connectivity index (χ1v) is 9.81. The zero-order valence-electron chi connectivity index (χ0n) is 17.6. The number of methoxy groups -OCH3 is 1. The van der Waals surface area contributed by atoms with Gasteiger partial charge in [-0.2, -0.15) is 4.98 Å². The maximum atomic E-state index is 11.5. The third kappa shape index (κ3) is 3.89. The fraction of sp³-hybridized carbons (Fsp3) is 0.524. The lowest BCUT2D eigenvalue weighted by Gasteiger charge is -2.23. The Balaban J connectivity index is 1.66. The summed E-state index contributed by atoms with van der Waals surface area (Å²) in [5.74, 6) is 1.19. The molecule has 0 unspecified atom stereocenters. The minimum atomic E-state index is -0.426. The molecule has 8 heteroatoms. The van der Waals surface area contributed by atoms with E-state index in [0.717, 1.165) is 36.6 Å². The number of aryl methyl sites for hydroxylation is 1. The molecule has 2 aromatic rings. The largest absolute Gasteiger partial charge is 0.460 e. The Hall–Kier alpha value is -2.74. The van der Waals surface area contributed by atoms with E-state index in [4.69, 9.17) is 9.47 Å². The fourth-order valence-electron chi connectivity index (χ4n) is 3.61. The first-order chi connectivity index (χ1) is 13.7. The highest BCUT2D eigenvalue weighted by molar-refractivity contribution is 5.89. The number of nitrogens with zero attached hydrogens (tertiary/aromatic N) is 4. The molecule has 2 aliphatic rings. The second kappa shape index (κ2) is 6.95. The minimum Gasteiger partial charge on any atom is -0.460 e. The van der Waals surface area contributed by atoms with Crippen molar-refractivity contribution in [3.8, 4) is 6.01 Å². The Labute approximate surface area is 170 Å². The van der Waals surface area contributed by atoms with Gasteiger partial charge < -0.3 is 19.7 Å². The molecule has 0 bridgehead atoms. The van der Waals surface area contributed by atoms with Gasteiger partial charge in [-0.3, -0.25) is 4.79 Å². The van der Waals surface area contributed by atoms with Crippen LogP contribution in [-0.4, -0.2) is 46.7 Å². The number of nitrogens with one attached hydrogen (secondary N) is 1. The highest BCUT2D eigenvalue weighted by Gasteiger charge is 2.52. The van der Waals surface area contributed by atoms with Crippen LogP contribution >= 0.6 is 0 Å². The second-order valence-corrected chi connectivity index (χ2v) is 8.54. The lowest BCUT2D eigenvalue weighted by Crippen LogP contribution is -2.31. The number of ether oxygens (including phenoxy) is 2. The molecule has 1 fully saturated rings. The Bertz CT molecular complexity index is 955. The van der Waals surface area contributed by atoms with Crippen molar-refractivity contribution in [1.82, 2.24) is 15.0 Å². The van der Waals surface area contributed by atoms with E-state index in [1.807, 2.05) is 39.1 Å². The van der Waals surface area contributed by atoms with Crippen LogP contribution in [0.2, 0.25) is 0 Å². The van der Waals surface area contributed by atoms with E-state index < -0.39 is 5.60 Å². The molecule has 29 heavy (non-hydrogen) atoms. The topological polar surface area (TPSA) is 89.5 Å². The quantitative estimate of drug-likeness (QED) is 0.801.